The maximum absolute atomic E-state index is 12.8. The monoisotopic (exact) mass is 380 g/mol. The highest BCUT2D eigenvalue weighted by molar-refractivity contribution is 6.16. The van der Waals surface area contributed by atoms with E-state index in [1.54, 1.807) is 7.05 Å². The minimum Gasteiger partial charge on any atom is -0.385 e. The standard InChI is InChI=1S/C19H24N8O/c1-3-13-18(27-23-11-10-21-2)26-17(20)16(24-13)19(28)25-15-8-9-22-14-7-5-4-6-12(14)15/h4-7,10-11,15,22H,3,8-9H2,1-2H3,(H,25,28)(H3,20,26,27)/b21-10?,23-11-. The number of amides is 1. The highest BCUT2D eigenvalue weighted by Crippen LogP contribution is 2.29. The topological polar surface area (TPSA) is 130 Å². The third-order valence-corrected chi connectivity index (χ3v) is 4.40. The Balaban J connectivity index is 1.80. The van der Waals surface area contributed by atoms with Crippen LogP contribution in [0.4, 0.5) is 17.3 Å². The summed E-state index contributed by atoms with van der Waals surface area (Å²) in [5.74, 6) is 0.137. The van der Waals surface area contributed by atoms with Crippen LogP contribution in [0.1, 0.15) is 41.1 Å². The second-order valence-corrected chi connectivity index (χ2v) is 6.23. The zero-order chi connectivity index (χ0) is 19.9. The molecule has 0 aliphatic carbocycles. The fraction of sp³-hybridized carbons (Fsp3) is 0.316. The second kappa shape index (κ2) is 8.94. The highest BCUT2D eigenvalue weighted by Gasteiger charge is 2.24. The molecule has 146 valence electrons. The molecule has 1 amide bonds. The van der Waals surface area contributed by atoms with Gasteiger partial charge in [0, 0.05) is 25.5 Å². The lowest BCUT2D eigenvalue weighted by molar-refractivity contribution is 0.0930. The van der Waals surface area contributed by atoms with Gasteiger partial charge in [-0.2, -0.15) is 5.10 Å². The third kappa shape index (κ3) is 4.25. The first kappa shape index (κ1) is 19.3. The van der Waals surface area contributed by atoms with Crippen molar-refractivity contribution in [1.29, 1.82) is 0 Å². The first-order valence-electron chi connectivity index (χ1n) is 9.13. The Morgan fingerprint density at radius 3 is 2.96 bits per heavy atom. The lowest BCUT2D eigenvalue weighted by Crippen LogP contribution is -2.34. The SMILES string of the molecule is CCc1nc(C(=O)NC2CCNc3ccccc32)c(N)nc1N/N=C\C=NC. The lowest BCUT2D eigenvalue weighted by atomic mass is 9.98. The molecule has 1 aliphatic rings. The number of carbonyl (C=O) groups is 1. The number of para-hydroxylation sites is 1. The Morgan fingerprint density at radius 2 is 2.18 bits per heavy atom. The summed E-state index contributed by atoms with van der Waals surface area (Å²) in [6, 6.07) is 7.82. The summed E-state index contributed by atoms with van der Waals surface area (Å²) in [4.78, 5) is 25.3. The number of nitrogens with one attached hydrogen (secondary N) is 3. The van der Waals surface area contributed by atoms with Gasteiger partial charge in [-0.15, -0.1) is 0 Å². The van der Waals surface area contributed by atoms with Crippen molar-refractivity contribution in [3.8, 4) is 0 Å². The summed E-state index contributed by atoms with van der Waals surface area (Å²) in [6.07, 6.45) is 4.38. The number of hydrogen-bond acceptors (Lipinski definition) is 8. The number of benzene rings is 1. The molecule has 3 rings (SSSR count). The number of fused-ring (bicyclic) bond motifs is 1. The molecule has 1 unspecified atom stereocenters. The highest BCUT2D eigenvalue weighted by atomic mass is 16.2. The van der Waals surface area contributed by atoms with E-state index in [9.17, 15) is 4.79 Å². The summed E-state index contributed by atoms with van der Waals surface area (Å²) in [7, 11) is 1.65. The van der Waals surface area contributed by atoms with E-state index < -0.39 is 0 Å². The van der Waals surface area contributed by atoms with Crippen molar-refractivity contribution in [3.05, 3.63) is 41.2 Å². The van der Waals surface area contributed by atoms with Gasteiger partial charge in [0.2, 0.25) is 0 Å². The van der Waals surface area contributed by atoms with E-state index in [4.69, 9.17) is 5.73 Å². The third-order valence-electron chi connectivity index (χ3n) is 4.40. The van der Waals surface area contributed by atoms with Gasteiger partial charge >= 0.3 is 0 Å². The van der Waals surface area contributed by atoms with E-state index in [0.29, 0.717) is 17.9 Å². The van der Waals surface area contributed by atoms with Crippen molar-refractivity contribution in [1.82, 2.24) is 15.3 Å². The van der Waals surface area contributed by atoms with Gasteiger partial charge in [0.1, 0.15) is 0 Å². The molecule has 0 bridgehead atoms. The van der Waals surface area contributed by atoms with Crippen LogP contribution >= 0.6 is 0 Å². The first-order valence-corrected chi connectivity index (χ1v) is 9.13. The Bertz CT molecular complexity index is 909. The number of carbonyl (C=O) groups excluding carboxylic acids is 1. The summed E-state index contributed by atoms with van der Waals surface area (Å²) in [5.41, 5.74) is 11.6. The number of hydrazone groups is 1. The minimum absolute atomic E-state index is 0.0544. The van der Waals surface area contributed by atoms with E-state index in [1.165, 1.54) is 12.4 Å². The molecule has 0 radical (unpaired) electrons. The predicted octanol–water partition coefficient (Wildman–Crippen LogP) is 2.01. The second-order valence-electron chi connectivity index (χ2n) is 6.23. The molecule has 0 spiro atoms. The molecule has 2 aromatic rings. The van der Waals surface area contributed by atoms with Crippen LogP contribution in [0.3, 0.4) is 0 Å². The van der Waals surface area contributed by atoms with Crippen LogP contribution in [0, 0.1) is 0 Å². The summed E-state index contributed by atoms with van der Waals surface area (Å²) in [5, 5.41) is 10.4. The molecule has 2 heterocycles. The van der Waals surface area contributed by atoms with E-state index in [-0.39, 0.29) is 23.5 Å². The van der Waals surface area contributed by atoms with Gasteiger partial charge in [0.15, 0.2) is 17.3 Å². The molecule has 9 nitrogen and oxygen atoms in total. The predicted molar refractivity (Wildman–Crippen MR) is 112 cm³/mol. The fourth-order valence-electron chi connectivity index (χ4n) is 3.03. The van der Waals surface area contributed by atoms with Gasteiger partial charge in [-0.25, -0.2) is 9.97 Å². The normalized spacial score (nSPS) is 16.0. The quantitative estimate of drug-likeness (QED) is 0.448. The minimum atomic E-state index is -0.338. The average Bonchev–Trinajstić information content (AvgIpc) is 2.71. The number of nitrogen functional groups attached to an aromatic ring is 1. The van der Waals surface area contributed by atoms with Gasteiger partial charge in [-0.05, 0) is 24.5 Å². The van der Waals surface area contributed by atoms with Crippen molar-refractivity contribution in [2.45, 2.75) is 25.8 Å². The van der Waals surface area contributed by atoms with Crippen LogP contribution < -0.4 is 21.8 Å². The molecule has 0 fully saturated rings. The summed E-state index contributed by atoms with van der Waals surface area (Å²) >= 11 is 0. The molecular formula is C19H24N8O. The number of nitrogens with two attached hydrogens (primary N) is 1. The molecule has 9 heteroatoms. The van der Waals surface area contributed by atoms with E-state index in [1.807, 2.05) is 31.2 Å². The fourth-order valence-corrected chi connectivity index (χ4v) is 3.03. The number of anilines is 3. The maximum atomic E-state index is 12.8. The van der Waals surface area contributed by atoms with Crippen LogP contribution in [0.25, 0.3) is 0 Å². The van der Waals surface area contributed by atoms with Crippen LogP contribution in [0.2, 0.25) is 0 Å². The van der Waals surface area contributed by atoms with Crippen LogP contribution in [-0.4, -0.2) is 41.9 Å². The van der Waals surface area contributed by atoms with Gasteiger partial charge in [0.25, 0.3) is 5.91 Å². The van der Waals surface area contributed by atoms with Crippen molar-refractivity contribution >= 4 is 35.7 Å². The average molecular weight is 380 g/mol. The maximum Gasteiger partial charge on any atom is 0.274 e. The molecule has 1 aromatic carbocycles. The van der Waals surface area contributed by atoms with Gasteiger partial charge in [0.05, 0.1) is 18.0 Å². The molecule has 0 saturated carbocycles. The Labute approximate surface area is 163 Å². The van der Waals surface area contributed by atoms with Crippen LogP contribution in [0.15, 0.2) is 34.4 Å². The van der Waals surface area contributed by atoms with E-state index in [0.717, 1.165) is 24.2 Å². The number of aromatic nitrogens is 2. The Hall–Kier alpha value is -3.49. The molecule has 1 aromatic heterocycles. The summed E-state index contributed by atoms with van der Waals surface area (Å²) in [6.45, 7) is 2.71. The Kier molecular flexibility index (Phi) is 6.15. The summed E-state index contributed by atoms with van der Waals surface area (Å²) < 4.78 is 0. The number of aliphatic imine (C=N–C) groups is 1. The van der Waals surface area contributed by atoms with Gasteiger partial charge < -0.3 is 16.4 Å². The number of nitrogens with zero attached hydrogens (tertiary/aromatic N) is 4. The van der Waals surface area contributed by atoms with Crippen molar-refractivity contribution < 1.29 is 4.79 Å². The lowest BCUT2D eigenvalue weighted by Gasteiger charge is -2.27. The zero-order valence-corrected chi connectivity index (χ0v) is 15.9. The van der Waals surface area contributed by atoms with Crippen LogP contribution in [0.5, 0.6) is 0 Å². The molecule has 5 N–H and O–H groups in total. The van der Waals surface area contributed by atoms with Gasteiger partial charge in [-0.1, -0.05) is 25.1 Å². The van der Waals surface area contributed by atoms with E-state index in [2.05, 4.69) is 36.1 Å². The van der Waals surface area contributed by atoms with Crippen LogP contribution in [-0.2, 0) is 6.42 Å². The molecule has 1 atom stereocenters. The number of aryl methyl sites for hydroxylation is 1. The molecule has 28 heavy (non-hydrogen) atoms. The number of rotatable bonds is 6. The largest absolute Gasteiger partial charge is 0.385 e. The van der Waals surface area contributed by atoms with Crippen molar-refractivity contribution in [2.24, 2.45) is 10.1 Å². The smallest absolute Gasteiger partial charge is 0.274 e. The van der Waals surface area contributed by atoms with E-state index >= 15 is 0 Å². The molecule has 0 saturated heterocycles. The van der Waals surface area contributed by atoms with Crippen molar-refractivity contribution in [3.63, 3.8) is 0 Å². The zero-order valence-electron chi connectivity index (χ0n) is 15.9. The van der Waals surface area contributed by atoms with Gasteiger partial charge in [-0.3, -0.25) is 15.2 Å². The van der Waals surface area contributed by atoms with Crippen molar-refractivity contribution in [2.75, 3.05) is 30.1 Å². The number of hydrogen-bond donors (Lipinski definition) is 4. The molecule has 1 aliphatic heterocycles. The first-order chi connectivity index (χ1) is 13.6. The molecular weight excluding hydrogens is 356 g/mol. The Morgan fingerprint density at radius 1 is 1.36 bits per heavy atom.